The maximum atomic E-state index is 14.2. The van der Waals surface area contributed by atoms with Gasteiger partial charge < -0.3 is 10.1 Å². The molecular formula is C15H16ClFN2O. The molecule has 0 aliphatic rings. The number of rotatable bonds is 5. The normalized spacial score (nSPS) is 10.8. The number of nitrogens with zero attached hydrogens (tertiary/aromatic N) is 1. The minimum Gasteiger partial charge on any atom is -0.436 e. The second-order valence-corrected chi connectivity index (χ2v) is 5.12. The molecule has 0 amide bonds. The molecular weight excluding hydrogens is 279 g/mol. The van der Waals surface area contributed by atoms with Crippen LogP contribution in [0.3, 0.4) is 0 Å². The monoisotopic (exact) mass is 294 g/mol. The lowest BCUT2D eigenvalue weighted by Gasteiger charge is -2.11. The van der Waals surface area contributed by atoms with Crippen molar-refractivity contribution < 1.29 is 9.13 Å². The van der Waals surface area contributed by atoms with Crippen LogP contribution in [0.15, 0.2) is 36.5 Å². The van der Waals surface area contributed by atoms with Crippen molar-refractivity contribution in [2.24, 2.45) is 0 Å². The van der Waals surface area contributed by atoms with Crippen LogP contribution in [-0.4, -0.2) is 11.0 Å². The molecule has 2 aromatic rings. The summed E-state index contributed by atoms with van der Waals surface area (Å²) in [5.41, 5.74) is 0.519. The fourth-order valence-electron chi connectivity index (χ4n) is 1.63. The van der Waals surface area contributed by atoms with Gasteiger partial charge in [0.2, 0.25) is 0 Å². The Balaban J connectivity index is 2.18. The van der Waals surface area contributed by atoms with E-state index in [-0.39, 0.29) is 11.9 Å². The van der Waals surface area contributed by atoms with Gasteiger partial charge in [0.15, 0.2) is 5.82 Å². The average Bonchev–Trinajstić information content (AvgIpc) is 2.40. The third-order valence-corrected chi connectivity index (χ3v) is 2.88. The smallest absolute Gasteiger partial charge is 0.256 e. The van der Waals surface area contributed by atoms with Gasteiger partial charge in [-0.3, -0.25) is 0 Å². The first-order valence-corrected chi connectivity index (χ1v) is 6.74. The molecule has 0 saturated heterocycles. The van der Waals surface area contributed by atoms with Crippen LogP contribution in [0.25, 0.3) is 0 Å². The highest BCUT2D eigenvalue weighted by molar-refractivity contribution is 6.30. The third-order valence-electron chi connectivity index (χ3n) is 2.65. The van der Waals surface area contributed by atoms with E-state index in [9.17, 15) is 4.39 Å². The first-order valence-electron chi connectivity index (χ1n) is 6.36. The van der Waals surface area contributed by atoms with Crippen molar-refractivity contribution in [3.8, 4) is 11.6 Å². The lowest BCUT2D eigenvalue weighted by molar-refractivity contribution is 0.416. The van der Waals surface area contributed by atoms with Crippen molar-refractivity contribution >= 4 is 11.6 Å². The van der Waals surface area contributed by atoms with Crippen LogP contribution in [0, 0.1) is 5.82 Å². The Labute approximate surface area is 122 Å². The predicted molar refractivity (Wildman–Crippen MR) is 77.7 cm³/mol. The summed E-state index contributed by atoms with van der Waals surface area (Å²) in [6.07, 6.45) is 1.53. The molecule has 1 aromatic carbocycles. The van der Waals surface area contributed by atoms with Gasteiger partial charge in [-0.05, 0) is 24.3 Å². The van der Waals surface area contributed by atoms with Crippen molar-refractivity contribution in [2.45, 2.75) is 26.4 Å². The van der Waals surface area contributed by atoms with E-state index in [0.717, 1.165) is 0 Å². The molecule has 1 N–H and O–H groups in total. The summed E-state index contributed by atoms with van der Waals surface area (Å²) in [7, 11) is 0. The summed E-state index contributed by atoms with van der Waals surface area (Å²) in [6.45, 7) is 4.43. The van der Waals surface area contributed by atoms with Crippen LogP contribution in [0.1, 0.15) is 19.4 Å². The highest BCUT2D eigenvalue weighted by atomic mass is 35.5. The molecule has 0 bridgehead atoms. The largest absolute Gasteiger partial charge is 0.436 e. The van der Waals surface area contributed by atoms with Gasteiger partial charge in [0.05, 0.1) is 0 Å². The van der Waals surface area contributed by atoms with Gasteiger partial charge in [0.25, 0.3) is 5.88 Å². The summed E-state index contributed by atoms with van der Waals surface area (Å²) >= 11 is 5.86. The van der Waals surface area contributed by atoms with E-state index in [1.807, 2.05) is 13.8 Å². The van der Waals surface area contributed by atoms with Crippen LogP contribution in [0.5, 0.6) is 11.6 Å². The Bertz CT molecular complexity index is 590. The van der Waals surface area contributed by atoms with Crippen LogP contribution in [-0.2, 0) is 6.54 Å². The zero-order chi connectivity index (χ0) is 14.5. The highest BCUT2D eigenvalue weighted by Gasteiger charge is 2.12. The predicted octanol–water partition coefficient (Wildman–Crippen LogP) is 4.16. The van der Waals surface area contributed by atoms with Gasteiger partial charge >= 0.3 is 0 Å². The minimum atomic E-state index is -0.458. The zero-order valence-corrected chi connectivity index (χ0v) is 12.1. The molecule has 5 heteroatoms. The molecule has 0 atom stereocenters. The van der Waals surface area contributed by atoms with Gasteiger partial charge in [-0.2, -0.15) is 0 Å². The van der Waals surface area contributed by atoms with Crippen LogP contribution >= 0.6 is 11.6 Å². The van der Waals surface area contributed by atoms with Crippen molar-refractivity contribution in [3.63, 3.8) is 0 Å². The topological polar surface area (TPSA) is 34.2 Å². The third kappa shape index (κ3) is 3.92. The standard InChI is InChI=1S/C15H16ClFN2O/c1-10(2)19-9-11-6-7-18-15(14(11)17)20-13-5-3-4-12(16)8-13/h3-8,10,19H,9H2,1-2H3. The summed E-state index contributed by atoms with van der Waals surface area (Å²) in [4.78, 5) is 3.92. The van der Waals surface area contributed by atoms with E-state index >= 15 is 0 Å². The molecule has 2 rings (SSSR count). The van der Waals surface area contributed by atoms with Gasteiger partial charge in [-0.1, -0.05) is 31.5 Å². The maximum absolute atomic E-state index is 14.2. The average molecular weight is 295 g/mol. The number of hydrogen-bond donors (Lipinski definition) is 1. The minimum absolute atomic E-state index is 0.0460. The molecule has 0 aliphatic heterocycles. The van der Waals surface area contributed by atoms with Crippen LogP contribution in [0.2, 0.25) is 5.02 Å². The Morgan fingerprint density at radius 2 is 2.15 bits per heavy atom. The van der Waals surface area contributed by atoms with E-state index in [4.69, 9.17) is 16.3 Å². The molecule has 20 heavy (non-hydrogen) atoms. The van der Waals surface area contributed by atoms with Crippen molar-refractivity contribution in [3.05, 3.63) is 52.9 Å². The number of aromatic nitrogens is 1. The van der Waals surface area contributed by atoms with E-state index < -0.39 is 5.82 Å². The maximum Gasteiger partial charge on any atom is 0.256 e. The Hall–Kier alpha value is -1.65. The number of hydrogen-bond acceptors (Lipinski definition) is 3. The number of halogens is 2. The second kappa shape index (κ2) is 6.68. The van der Waals surface area contributed by atoms with Crippen molar-refractivity contribution in [1.29, 1.82) is 0 Å². The molecule has 0 saturated carbocycles. The molecule has 0 fully saturated rings. The SMILES string of the molecule is CC(C)NCc1ccnc(Oc2cccc(Cl)c2)c1F. The molecule has 106 valence electrons. The summed E-state index contributed by atoms with van der Waals surface area (Å²) in [6, 6.07) is 8.68. The summed E-state index contributed by atoms with van der Waals surface area (Å²) in [5, 5.41) is 3.69. The Morgan fingerprint density at radius 3 is 2.85 bits per heavy atom. The van der Waals surface area contributed by atoms with Crippen molar-refractivity contribution in [2.75, 3.05) is 0 Å². The molecule has 0 radical (unpaired) electrons. The Kier molecular flexibility index (Phi) is 4.93. The van der Waals surface area contributed by atoms with Gasteiger partial charge in [-0.15, -0.1) is 0 Å². The van der Waals surface area contributed by atoms with Gasteiger partial charge in [0.1, 0.15) is 5.75 Å². The highest BCUT2D eigenvalue weighted by Crippen LogP contribution is 2.26. The first kappa shape index (κ1) is 14.8. The van der Waals surface area contributed by atoms with Crippen LogP contribution in [0.4, 0.5) is 4.39 Å². The molecule has 3 nitrogen and oxygen atoms in total. The van der Waals surface area contributed by atoms with E-state index in [2.05, 4.69) is 10.3 Å². The molecule has 1 heterocycles. The quantitative estimate of drug-likeness (QED) is 0.899. The lowest BCUT2D eigenvalue weighted by Crippen LogP contribution is -2.22. The molecule has 1 aromatic heterocycles. The van der Waals surface area contributed by atoms with Crippen molar-refractivity contribution in [1.82, 2.24) is 10.3 Å². The van der Waals surface area contributed by atoms with Gasteiger partial charge in [0, 0.05) is 29.4 Å². The van der Waals surface area contributed by atoms with Gasteiger partial charge in [-0.25, -0.2) is 9.37 Å². The fraction of sp³-hybridized carbons (Fsp3) is 0.267. The molecule has 0 aliphatic carbocycles. The fourth-order valence-corrected chi connectivity index (χ4v) is 1.81. The Morgan fingerprint density at radius 1 is 1.35 bits per heavy atom. The summed E-state index contributed by atoms with van der Waals surface area (Å²) < 4.78 is 19.7. The number of ether oxygens (including phenoxy) is 1. The number of pyridine rings is 1. The first-order chi connectivity index (χ1) is 9.56. The van der Waals surface area contributed by atoms with E-state index in [0.29, 0.717) is 22.9 Å². The van der Waals surface area contributed by atoms with E-state index in [1.54, 1.807) is 30.3 Å². The zero-order valence-electron chi connectivity index (χ0n) is 11.4. The number of benzene rings is 1. The lowest BCUT2D eigenvalue weighted by atomic mass is 10.2. The summed E-state index contributed by atoms with van der Waals surface area (Å²) in [5.74, 6) is -0.0474. The molecule has 0 spiro atoms. The van der Waals surface area contributed by atoms with Crippen LogP contribution < -0.4 is 10.1 Å². The van der Waals surface area contributed by atoms with E-state index in [1.165, 1.54) is 6.20 Å². The number of nitrogens with one attached hydrogen (secondary N) is 1. The molecule has 0 unspecified atom stereocenters. The second-order valence-electron chi connectivity index (χ2n) is 4.68.